The number of ether oxygens (including phenoxy) is 1. The topological polar surface area (TPSA) is 93.4 Å². The highest BCUT2D eigenvalue weighted by Gasteiger charge is 2.25. The molecular formula is C20H22N6O3S. The molecule has 1 aliphatic heterocycles. The molecule has 0 saturated carbocycles. The fourth-order valence-corrected chi connectivity index (χ4v) is 4.13. The molecule has 2 aromatic heterocycles. The number of fused-ring (bicyclic) bond motifs is 1. The second kappa shape index (κ2) is 9.12. The molecule has 3 heterocycles. The van der Waals surface area contributed by atoms with Crippen LogP contribution in [0, 0.1) is 0 Å². The van der Waals surface area contributed by atoms with E-state index in [2.05, 4.69) is 15.1 Å². The molecule has 30 heavy (non-hydrogen) atoms. The maximum absolute atomic E-state index is 12.6. The highest BCUT2D eigenvalue weighted by Crippen LogP contribution is 2.26. The van der Waals surface area contributed by atoms with Gasteiger partial charge in [0.05, 0.1) is 29.6 Å². The van der Waals surface area contributed by atoms with Crippen molar-refractivity contribution < 1.29 is 14.3 Å². The summed E-state index contributed by atoms with van der Waals surface area (Å²) in [6.07, 6.45) is 2.90. The van der Waals surface area contributed by atoms with Crippen molar-refractivity contribution in [2.24, 2.45) is 0 Å². The highest BCUT2D eigenvalue weighted by molar-refractivity contribution is 8.00. The van der Waals surface area contributed by atoms with Gasteiger partial charge in [0.15, 0.2) is 5.65 Å². The molecule has 3 aromatic rings. The molecule has 0 radical (unpaired) electrons. The zero-order valence-electron chi connectivity index (χ0n) is 16.6. The average Bonchev–Trinajstić information content (AvgIpc) is 3.23. The van der Waals surface area contributed by atoms with Gasteiger partial charge < -0.3 is 14.5 Å². The third-order valence-corrected chi connectivity index (χ3v) is 5.81. The smallest absolute Gasteiger partial charge is 0.409 e. The van der Waals surface area contributed by atoms with Crippen molar-refractivity contribution in [1.29, 1.82) is 0 Å². The largest absolute Gasteiger partial charge is 0.450 e. The molecule has 4 rings (SSSR count). The number of carbonyl (C=O) groups excluding carboxylic acids is 2. The van der Waals surface area contributed by atoms with Crippen molar-refractivity contribution in [3.8, 4) is 5.69 Å². The molecular weight excluding hydrogens is 404 g/mol. The first-order chi connectivity index (χ1) is 14.7. The molecule has 2 amide bonds. The van der Waals surface area contributed by atoms with E-state index >= 15 is 0 Å². The minimum Gasteiger partial charge on any atom is -0.450 e. The van der Waals surface area contributed by atoms with Gasteiger partial charge in [-0.15, -0.1) is 0 Å². The van der Waals surface area contributed by atoms with Gasteiger partial charge in [0, 0.05) is 26.2 Å². The molecule has 156 valence electrons. The minimum atomic E-state index is -0.322. The maximum Gasteiger partial charge on any atom is 0.409 e. The molecule has 10 heteroatoms. The summed E-state index contributed by atoms with van der Waals surface area (Å²) in [5.74, 6) is 0.285. The van der Waals surface area contributed by atoms with E-state index in [1.165, 1.54) is 18.1 Å². The Morgan fingerprint density at radius 3 is 2.53 bits per heavy atom. The Morgan fingerprint density at radius 1 is 1.07 bits per heavy atom. The number of piperazine rings is 1. The molecule has 9 nitrogen and oxygen atoms in total. The number of benzene rings is 1. The van der Waals surface area contributed by atoms with Crippen LogP contribution in [0.25, 0.3) is 16.7 Å². The predicted octanol–water partition coefficient (Wildman–Crippen LogP) is 2.21. The van der Waals surface area contributed by atoms with Gasteiger partial charge in [0.1, 0.15) is 11.4 Å². The molecule has 0 spiro atoms. The first-order valence-electron chi connectivity index (χ1n) is 9.74. The lowest BCUT2D eigenvalue weighted by Gasteiger charge is -2.34. The average molecular weight is 427 g/mol. The maximum atomic E-state index is 12.6. The second-order valence-electron chi connectivity index (χ2n) is 6.66. The molecule has 1 saturated heterocycles. The SMILES string of the molecule is CCOC(=O)N1CCN(C(=O)CSc2ncnc3c2cnn3-c2ccccc2)CC1. The van der Waals surface area contributed by atoms with Crippen LogP contribution in [0.3, 0.4) is 0 Å². The fourth-order valence-electron chi connectivity index (χ4n) is 3.27. The number of amides is 2. The van der Waals surface area contributed by atoms with Crippen molar-refractivity contribution in [2.75, 3.05) is 38.5 Å². The van der Waals surface area contributed by atoms with E-state index in [9.17, 15) is 9.59 Å². The Morgan fingerprint density at radius 2 is 1.80 bits per heavy atom. The zero-order valence-corrected chi connectivity index (χ0v) is 17.4. The summed E-state index contributed by atoms with van der Waals surface area (Å²) in [6, 6.07) is 9.76. The quantitative estimate of drug-likeness (QED) is 0.456. The monoisotopic (exact) mass is 426 g/mol. The minimum absolute atomic E-state index is 0.0192. The fraction of sp³-hybridized carbons (Fsp3) is 0.350. The lowest BCUT2D eigenvalue weighted by molar-refractivity contribution is -0.129. The molecule has 0 aliphatic carbocycles. The van der Waals surface area contributed by atoms with Crippen LogP contribution in [0.4, 0.5) is 4.79 Å². The summed E-state index contributed by atoms with van der Waals surface area (Å²) in [5.41, 5.74) is 1.62. The van der Waals surface area contributed by atoms with Gasteiger partial charge in [-0.3, -0.25) is 4.79 Å². The lowest BCUT2D eigenvalue weighted by Crippen LogP contribution is -2.51. The summed E-state index contributed by atoms with van der Waals surface area (Å²) in [5, 5.41) is 5.97. The Bertz CT molecular complexity index is 1030. The molecule has 1 fully saturated rings. The van der Waals surface area contributed by atoms with Crippen LogP contribution in [0.15, 0.2) is 47.9 Å². The Hall–Kier alpha value is -3.14. The van der Waals surface area contributed by atoms with Crippen molar-refractivity contribution in [1.82, 2.24) is 29.5 Å². The van der Waals surface area contributed by atoms with Crippen LogP contribution in [-0.4, -0.2) is 80.1 Å². The molecule has 0 unspecified atom stereocenters. The van der Waals surface area contributed by atoms with E-state index < -0.39 is 0 Å². The summed E-state index contributed by atoms with van der Waals surface area (Å²) in [6.45, 7) is 4.10. The Balaban J connectivity index is 1.39. The zero-order chi connectivity index (χ0) is 20.9. The third-order valence-electron chi connectivity index (χ3n) is 4.82. The van der Waals surface area contributed by atoms with Crippen LogP contribution in [-0.2, 0) is 9.53 Å². The standard InChI is InChI=1S/C20H22N6O3S/c1-2-29-20(28)25-10-8-24(9-11-25)17(27)13-30-19-16-12-23-26(18(16)21-14-22-19)15-6-4-3-5-7-15/h3-7,12,14H,2,8-11,13H2,1H3. The third kappa shape index (κ3) is 4.23. The number of para-hydroxylation sites is 1. The number of hydrogen-bond acceptors (Lipinski definition) is 7. The van der Waals surface area contributed by atoms with Gasteiger partial charge in [0.2, 0.25) is 5.91 Å². The molecule has 1 aromatic carbocycles. The van der Waals surface area contributed by atoms with Gasteiger partial charge in [-0.25, -0.2) is 19.4 Å². The lowest BCUT2D eigenvalue weighted by atomic mass is 10.3. The van der Waals surface area contributed by atoms with Crippen LogP contribution < -0.4 is 0 Å². The first kappa shape index (κ1) is 20.1. The van der Waals surface area contributed by atoms with Crippen LogP contribution >= 0.6 is 11.8 Å². The highest BCUT2D eigenvalue weighted by atomic mass is 32.2. The summed E-state index contributed by atoms with van der Waals surface area (Å²) in [4.78, 5) is 36.5. The van der Waals surface area contributed by atoms with Crippen molar-refractivity contribution in [3.63, 3.8) is 0 Å². The number of nitrogens with zero attached hydrogens (tertiary/aromatic N) is 6. The molecule has 0 bridgehead atoms. The van der Waals surface area contributed by atoms with E-state index in [1.807, 2.05) is 30.3 Å². The molecule has 0 atom stereocenters. The first-order valence-corrected chi connectivity index (χ1v) is 10.7. The molecule has 1 aliphatic rings. The summed E-state index contributed by atoms with van der Waals surface area (Å²) in [7, 11) is 0. The van der Waals surface area contributed by atoms with Crippen LogP contribution in [0.5, 0.6) is 0 Å². The van der Waals surface area contributed by atoms with Gasteiger partial charge in [0.25, 0.3) is 0 Å². The number of hydrogen-bond donors (Lipinski definition) is 0. The van der Waals surface area contributed by atoms with Crippen molar-refractivity contribution in [3.05, 3.63) is 42.9 Å². The van der Waals surface area contributed by atoms with Gasteiger partial charge >= 0.3 is 6.09 Å². The number of carbonyl (C=O) groups is 2. The predicted molar refractivity (Wildman–Crippen MR) is 113 cm³/mol. The second-order valence-corrected chi connectivity index (χ2v) is 7.63. The van der Waals surface area contributed by atoms with Crippen LogP contribution in [0.1, 0.15) is 6.92 Å². The van der Waals surface area contributed by atoms with Gasteiger partial charge in [-0.1, -0.05) is 30.0 Å². The Kier molecular flexibility index (Phi) is 6.12. The van der Waals surface area contributed by atoms with E-state index in [0.717, 1.165) is 16.1 Å². The van der Waals surface area contributed by atoms with Crippen molar-refractivity contribution in [2.45, 2.75) is 11.9 Å². The number of rotatable bonds is 5. The normalized spacial score (nSPS) is 14.2. The van der Waals surface area contributed by atoms with E-state index in [4.69, 9.17) is 4.74 Å². The summed E-state index contributed by atoms with van der Waals surface area (Å²) >= 11 is 1.37. The van der Waals surface area contributed by atoms with E-state index in [0.29, 0.717) is 38.4 Å². The van der Waals surface area contributed by atoms with Gasteiger partial charge in [-0.05, 0) is 19.1 Å². The van der Waals surface area contributed by atoms with Crippen LogP contribution in [0.2, 0.25) is 0 Å². The number of thioether (sulfide) groups is 1. The van der Waals surface area contributed by atoms with Crippen molar-refractivity contribution >= 4 is 34.8 Å². The summed E-state index contributed by atoms with van der Waals surface area (Å²) < 4.78 is 6.78. The van der Waals surface area contributed by atoms with Gasteiger partial charge in [-0.2, -0.15) is 5.10 Å². The van der Waals surface area contributed by atoms with E-state index in [-0.39, 0.29) is 17.8 Å². The van der Waals surface area contributed by atoms with E-state index in [1.54, 1.807) is 27.6 Å². The number of aromatic nitrogens is 4. The molecule has 0 N–H and O–H groups in total. The Labute approximate surface area is 178 Å².